The summed E-state index contributed by atoms with van der Waals surface area (Å²) in [5.74, 6) is -0.342. The van der Waals surface area contributed by atoms with E-state index >= 15 is 0 Å². The Morgan fingerprint density at radius 3 is 2.48 bits per heavy atom. The van der Waals surface area contributed by atoms with Crippen molar-refractivity contribution in [3.05, 3.63) is 117 Å². The second kappa shape index (κ2) is 8.22. The minimum atomic E-state index is -0.772. The molecule has 1 aromatic heterocycles. The number of anilines is 1. The van der Waals surface area contributed by atoms with Gasteiger partial charge in [-0.05, 0) is 60.2 Å². The van der Waals surface area contributed by atoms with Crippen LogP contribution in [-0.4, -0.2) is 12.5 Å². The molecule has 1 unspecified atom stereocenters. The molecule has 0 radical (unpaired) electrons. The molecule has 0 N–H and O–H groups in total. The van der Waals surface area contributed by atoms with Crippen molar-refractivity contribution in [3.63, 3.8) is 0 Å². The van der Waals surface area contributed by atoms with Crippen LogP contribution in [0.25, 0.3) is 11.0 Å². The lowest BCUT2D eigenvalue weighted by atomic mass is 9.98. The molecule has 7 heteroatoms. The summed E-state index contributed by atoms with van der Waals surface area (Å²) in [6.45, 7) is 3.98. The Bertz CT molecular complexity index is 1440. The quantitative estimate of drug-likeness (QED) is 0.347. The summed E-state index contributed by atoms with van der Waals surface area (Å²) in [6, 6.07) is 16.5. The molecule has 164 valence electrons. The van der Waals surface area contributed by atoms with Crippen molar-refractivity contribution in [1.29, 1.82) is 0 Å². The van der Waals surface area contributed by atoms with Crippen LogP contribution >= 0.6 is 11.6 Å². The molecule has 1 amide bonds. The molecule has 2 heterocycles. The van der Waals surface area contributed by atoms with Crippen molar-refractivity contribution in [2.45, 2.75) is 6.04 Å². The number of hydrogen-bond acceptors (Lipinski definition) is 4. The van der Waals surface area contributed by atoms with Crippen LogP contribution in [0, 0.1) is 5.82 Å². The third-order valence-electron chi connectivity index (χ3n) is 5.50. The summed E-state index contributed by atoms with van der Waals surface area (Å²) in [5.41, 5.74) is 1.24. The average Bonchev–Trinajstić information content (AvgIpc) is 3.11. The summed E-state index contributed by atoms with van der Waals surface area (Å²) in [6.07, 6.45) is 1.64. The fourth-order valence-corrected chi connectivity index (χ4v) is 4.20. The van der Waals surface area contributed by atoms with Gasteiger partial charge in [0.1, 0.15) is 23.8 Å². The van der Waals surface area contributed by atoms with Crippen LogP contribution in [0.4, 0.5) is 10.1 Å². The van der Waals surface area contributed by atoms with Gasteiger partial charge in [0.05, 0.1) is 17.0 Å². The minimum absolute atomic E-state index is 0.0452. The zero-order valence-electron chi connectivity index (χ0n) is 17.3. The molecule has 0 bridgehead atoms. The molecule has 1 atom stereocenters. The number of ether oxygens (including phenoxy) is 1. The number of fused-ring (bicyclic) bond motifs is 2. The number of nitrogens with zero attached hydrogens (tertiary/aromatic N) is 1. The van der Waals surface area contributed by atoms with Crippen LogP contribution in [-0.2, 0) is 0 Å². The minimum Gasteiger partial charge on any atom is -0.490 e. The lowest BCUT2D eigenvalue weighted by Gasteiger charge is -2.25. The number of halogens is 2. The van der Waals surface area contributed by atoms with Crippen molar-refractivity contribution in [1.82, 2.24) is 0 Å². The third-order valence-corrected chi connectivity index (χ3v) is 5.74. The molecule has 0 saturated heterocycles. The summed E-state index contributed by atoms with van der Waals surface area (Å²) in [4.78, 5) is 28.5. The molecule has 33 heavy (non-hydrogen) atoms. The first-order valence-electron chi connectivity index (χ1n) is 10.2. The van der Waals surface area contributed by atoms with Crippen molar-refractivity contribution in [2.75, 3.05) is 11.5 Å². The average molecular weight is 462 g/mol. The molecule has 5 rings (SSSR count). The molecule has 3 aromatic carbocycles. The number of rotatable bonds is 5. The standard InChI is InChI=1S/C26H17ClFNO4/c1-2-13-32-19-10-3-15(4-11-19)23-22-24(30)20-14-16(27)5-12-21(20)33-25(22)26(31)29(23)18-8-6-17(28)7-9-18/h2-12,14,23H,1,13H2. The Hall–Kier alpha value is -3.90. The first kappa shape index (κ1) is 21.0. The van der Waals surface area contributed by atoms with Gasteiger partial charge in [-0.25, -0.2) is 4.39 Å². The molecule has 1 aliphatic rings. The smallest absolute Gasteiger partial charge is 0.295 e. The van der Waals surface area contributed by atoms with E-state index in [0.717, 1.165) is 0 Å². The number of hydrogen-bond donors (Lipinski definition) is 0. The maximum absolute atomic E-state index is 13.6. The highest BCUT2D eigenvalue weighted by Crippen LogP contribution is 2.41. The van der Waals surface area contributed by atoms with E-state index in [-0.39, 0.29) is 27.7 Å². The molecule has 5 nitrogen and oxygen atoms in total. The van der Waals surface area contributed by atoms with Gasteiger partial charge in [-0.2, -0.15) is 0 Å². The van der Waals surface area contributed by atoms with Gasteiger partial charge in [0, 0.05) is 10.7 Å². The summed E-state index contributed by atoms with van der Waals surface area (Å²) < 4.78 is 25.0. The molecule has 1 aliphatic heterocycles. The van der Waals surface area contributed by atoms with E-state index in [1.54, 1.807) is 42.5 Å². The summed E-state index contributed by atoms with van der Waals surface area (Å²) in [7, 11) is 0. The van der Waals surface area contributed by atoms with Crippen LogP contribution in [0.2, 0.25) is 5.02 Å². The predicted molar refractivity (Wildman–Crippen MR) is 125 cm³/mol. The van der Waals surface area contributed by atoms with Gasteiger partial charge in [-0.1, -0.05) is 36.4 Å². The molecule has 4 aromatic rings. The topological polar surface area (TPSA) is 59.8 Å². The van der Waals surface area contributed by atoms with Gasteiger partial charge >= 0.3 is 0 Å². The number of benzene rings is 3. The van der Waals surface area contributed by atoms with Gasteiger partial charge in [0.15, 0.2) is 5.43 Å². The maximum Gasteiger partial charge on any atom is 0.295 e. The van der Waals surface area contributed by atoms with Crippen LogP contribution in [0.15, 0.2) is 88.6 Å². The molecule has 0 fully saturated rings. The second-order valence-corrected chi connectivity index (χ2v) is 7.97. The second-order valence-electron chi connectivity index (χ2n) is 7.54. The largest absolute Gasteiger partial charge is 0.490 e. The van der Waals surface area contributed by atoms with Crippen molar-refractivity contribution in [2.24, 2.45) is 0 Å². The van der Waals surface area contributed by atoms with E-state index in [0.29, 0.717) is 28.6 Å². The van der Waals surface area contributed by atoms with Gasteiger partial charge in [-0.15, -0.1) is 0 Å². The van der Waals surface area contributed by atoms with Crippen LogP contribution in [0.5, 0.6) is 5.75 Å². The van der Waals surface area contributed by atoms with E-state index in [2.05, 4.69) is 6.58 Å². The Morgan fingerprint density at radius 1 is 1.06 bits per heavy atom. The molecule has 0 saturated carbocycles. The lowest BCUT2D eigenvalue weighted by molar-refractivity contribution is 0.0971. The summed E-state index contributed by atoms with van der Waals surface area (Å²) >= 11 is 6.11. The fourth-order valence-electron chi connectivity index (χ4n) is 4.03. The number of amides is 1. The fraction of sp³-hybridized carbons (Fsp3) is 0.0769. The Labute approximate surface area is 193 Å². The van der Waals surface area contributed by atoms with Gasteiger partial charge in [0.2, 0.25) is 5.76 Å². The maximum atomic E-state index is 13.6. The number of carbonyl (C=O) groups is 1. The molecule has 0 aliphatic carbocycles. The number of carbonyl (C=O) groups excluding carboxylic acids is 1. The highest BCUT2D eigenvalue weighted by molar-refractivity contribution is 6.31. The van der Waals surface area contributed by atoms with E-state index in [1.807, 2.05) is 0 Å². The van der Waals surface area contributed by atoms with Gasteiger partial charge < -0.3 is 9.15 Å². The Kier molecular flexibility index (Phi) is 5.23. The monoisotopic (exact) mass is 461 g/mol. The summed E-state index contributed by atoms with van der Waals surface area (Å²) in [5, 5.41) is 0.667. The van der Waals surface area contributed by atoms with E-state index in [9.17, 15) is 14.0 Å². The first-order chi connectivity index (χ1) is 16.0. The highest BCUT2D eigenvalue weighted by atomic mass is 35.5. The van der Waals surface area contributed by atoms with Crippen molar-refractivity contribution < 1.29 is 18.3 Å². The van der Waals surface area contributed by atoms with E-state index < -0.39 is 17.8 Å². The molecular weight excluding hydrogens is 445 g/mol. The zero-order chi connectivity index (χ0) is 23.1. The lowest BCUT2D eigenvalue weighted by Crippen LogP contribution is -2.29. The zero-order valence-corrected chi connectivity index (χ0v) is 18.0. The predicted octanol–water partition coefficient (Wildman–Crippen LogP) is 5.90. The van der Waals surface area contributed by atoms with Gasteiger partial charge in [-0.3, -0.25) is 14.5 Å². The Morgan fingerprint density at radius 2 is 1.79 bits per heavy atom. The molecular formula is C26H17ClFNO4. The van der Waals surface area contributed by atoms with E-state index in [1.165, 1.54) is 35.2 Å². The SMILES string of the molecule is C=CCOc1ccc(C2c3c(oc4ccc(Cl)cc4c3=O)C(=O)N2c2ccc(F)cc2)cc1. The first-order valence-corrected chi connectivity index (χ1v) is 10.5. The highest BCUT2D eigenvalue weighted by Gasteiger charge is 2.43. The van der Waals surface area contributed by atoms with Crippen LogP contribution < -0.4 is 15.1 Å². The van der Waals surface area contributed by atoms with Crippen LogP contribution in [0.1, 0.15) is 27.7 Å². The Balaban J connectivity index is 1.72. The molecule has 0 spiro atoms. The third kappa shape index (κ3) is 3.58. The van der Waals surface area contributed by atoms with Crippen molar-refractivity contribution in [3.8, 4) is 5.75 Å². The van der Waals surface area contributed by atoms with E-state index in [4.69, 9.17) is 20.8 Å². The van der Waals surface area contributed by atoms with Crippen molar-refractivity contribution >= 4 is 34.2 Å². The van der Waals surface area contributed by atoms with Crippen LogP contribution in [0.3, 0.4) is 0 Å². The normalized spacial score (nSPS) is 15.0. The van der Waals surface area contributed by atoms with Gasteiger partial charge in [0.25, 0.3) is 5.91 Å².